The second-order valence-electron chi connectivity index (χ2n) is 3.40. The second-order valence-corrected chi connectivity index (χ2v) is 3.40. The molecule has 1 aromatic carbocycles. The van der Waals surface area contributed by atoms with E-state index in [2.05, 4.69) is 11.7 Å². The normalized spacial score (nSPS) is 10.1. The van der Waals surface area contributed by atoms with E-state index in [-0.39, 0.29) is 0 Å². The second kappa shape index (κ2) is 5.49. The van der Waals surface area contributed by atoms with Crippen LogP contribution in [0.25, 0.3) is 0 Å². The number of halogens is 1. The van der Waals surface area contributed by atoms with E-state index in [1.807, 2.05) is 0 Å². The van der Waals surface area contributed by atoms with Crippen LogP contribution in [-0.4, -0.2) is 13.1 Å². The van der Waals surface area contributed by atoms with Crippen molar-refractivity contribution < 1.29 is 13.9 Å². The van der Waals surface area contributed by atoms with Crippen LogP contribution in [0.15, 0.2) is 18.2 Å². The number of hydrogen-bond donors (Lipinski definition) is 0. The van der Waals surface area contributed by atoms with Crippen LogP contribution in [0.5, 0.6) is 0 Å². The average Bonchev–Trinajstić information content (AvgIpc) is 2.26. The van der Waals surface area contributed by atoms with Crippen molar-refractivity contribution in [2.75, 3.05) is 7.11 Å². The largest absolute Gasteiger partial charge is 0.465 e. The summed E-state index contributed by atoms with van der Waals surface area (Å²) in [6, 6.07) is 4.26. The van der Waals surface area contributed by atoms with Gasteiger partial charge in [0.2, 0.25) is 0 Å². The lowest BCUT2D eigenvalue weighted by Crippen LogP contribution is -2.06. The fourth-order valence-corrected chi connectivity index (χ4v) is 1.43. The fraction of sp³-hybridized carbons (Fsp3) is 0.417. The van der Waals surface area contributed by atoms with Crippen LogP contribution in [0.4, 0.5) is 4.39 Å². The number of aryl methyl sites for hydroxylation is 1. The quantitative estimate of drug-likeness (QED) is 0.714. The van der Waals surface area contributed by atoms with Gasteiger partial charge in [-0.05, 0) is 30.5 Å². The molecule has 0 aliphatic rings. The van der Waals surface area contributed by atoms with Crippen molar-refractivity contribution in [2.45, 2.75) is 26.2 Å². The molecule has 0 amide bonds. The number of benzene rings is 1. The molecule has 0 heterocycles. The number of methoxy groups -OCH3 is 1. The predicted octanol–water partition coefficient (Wildman–Crippen LogP) is 2.95. The molecular formula is C12H15FO2. The van der Waals surface area contributed by atoms with Crippen LogP contribution >= 0.6 is 0 Å². The first-order chi connectivity index (χ1) is 7.19. The summed E-state index contributed by atoms with van der Waals surface area (Å²) in [5, 5.41) is 0. The molecule has 0 fully saturated rings. The van der Waals surface area contributed by atoms with Gasteiger partial charge in [0.1, 0.15) is 5.82 Å². The predicted molar refractivity (Wildman–Crippen MR) is 56.4 cm³/mol. The standard InChI is InChI=1S/C12H15FO2/c1-3-4-5-9-6-7-10(13)8-11(9)12(14)15-2/h6-8H,3-5H2,1-2H3. The minimum Gasteiger partial charge on any atom is -0.465 e. The summed E-state index contributed by atoms with van der Waals surface area (Å²) in [6.07, 6.45) is 2.80. The van der Waals surface area contributed by atoms with E-state index in [4.69, 9.17) is 0 Å². The number of unbranched alkanes of at least 4 members (excludes halogenated alkanes) is 1. The molecule has 0 aliphatic carbocycles. The van der Waals surface area contributed by atoms with Crippen LogP contribution in [0.3, 0.4) is 0 Å². The first-order valence-electron chi connectivity index (χ1n) is 5.05. The van der Waals surface area contributed by atoms with Gasteiger partial charge in [0.05, 0.1) is 12.7 Å². The van der Waals surface area contributed by atoms with E-state index < -0.39 is 11.8 Å². The van der Waals surface area contributed by atoms with Gasteiger partial charge in [-0.2, -0.15) is 0 Å². The first-order valence-corrected chi connectivity index (χ1v) is 5.05. The van der Waals surface area contributed by atoms with Crippen molar-refractivity contribution in [1.29, 1.82) is 0 Å². The van der Waals surface area contributed by atoms with Gasteiger partial charge >= 0.3 is 5.97 Å². The number of hydrogen-bond acceptors (Lipinski definition) is 2. The van der Waals surface area contributed by atoms with Crippen molar-refractivity contribution in [3.05, 3.63) is 35.1 Å². The van der Waals surface area contributed by atoms with Crippen LogP contribution in [0.1, 0.15) is 35.7 Å². The zero-order chi connectivity index (χ0) is 11.3. The lowest BCUT2D eigenvalue weighted by molar-refractivity contribution is 0.0599. The van der Waals surface area contributed by atoms with E-state index in [0.717, 1.165) is 24.8 Å². The van der Waals surface area contributed by atoms with Gasteiger partial charge in [-0.1, -0.05) is 19.4 Å². The molecule has 1 aromatic rings. The van der Waals surface area contributed by atoms with Gasteiger partial charge in [0.25, 0.3) is 0 Å². The maximum absolute atomic E-state index is 13.0. The Kier molecular flexibility index (Phi) is 4.28. The molecule has 82 valence electrons. The van der Waals surface area contributed by atoms with Gasteiger partial charge in [-0.3, -0.25) is 0 Å². The Morgan fingerprint density at radius 1 is 1.47 bits per heavy atom. The summed E-state index contributed by atoms with van der Waals surface area (Å²) >= 11 is 0. The fourth-order valence-electron chi connectivity index (χ4n) is 1.43. The molecule has 15 heavy (non-hydrogen) atoms. The monoisotopic (exact) mass is 210 g/mol. The summed E-state index contributed by atoms with van der Waals surface area (Å²) in [4.78, 5) is 11.4. The lowest BCUT2D eigenvalue weighted by Gasteiger charge is -2.07. The molecule has 0 saturated carbocycles. The Balaban J connectivity index is 2.97. The molecule has 0 atom stereocenters. The summed E-state index contributed by atoms with van der Waals surface area (Å²) in [5.74, 6) is -0.878. The molecule has 0 radical (unpaired) electrons. The third-order valence-electron chi connectivity index (χ3n) is 2.28. The van der Waals surface area contributed by atoms with Crippen molar-refractivity contribution in [1.82, 2.24) is 0 Å². The maximum atomic E-state index is 13.0. The van der Waals surface area contributed by atoms with Crippen LogP contribution in [-0.2, 0) is 11.2 Å². The molecule has 3 heteroatoms. The smallest absolute Gasteiger partial charge is 0.338 e. The van der Waals surface area contributed by atoms with Gasteiger partial charge < -0.3 is 4.74 Å². The maximum Gasteiger partial charge on any atom is 0.338 e. The van der Waals surface area contributed by atoms with Gasteiger partial charge in [-0.15, -0.1) is 0 Å². The molecule has 0 spiro atoms. The Labute approximate surface area is 89.1 Å². The zero-order valence-electron chi connectivity index (χ0n) is 9.05. The molecule has 0 N–H and O–H groups in total. The highest BCUT2D eigenvalue weighted by Gasteiger charge is 2.12. The third-order valence-corrected chi connectivity index (χ3v) is 2.28. The summed E-state index contributed by atoms with van der Waals surface area (Å²) in [6.45, 7) is 2.07. The molecule has 2 nitrogen and oxygen atoms in total. The molecule has 0 aromatic heterocycles. The van der Waals surface area contributed by atoms with E-state index in [1.165, 1.54) is 19.2 Å². The molecule has 0 bridgehead atoms. The Morgan fingerprint density at radius 2 is 2.20 bits per heavy atom. The third kappa shape index (κ3) is 3.05. The summed E-state index contributed by atoms with van der Waals surface area (Å²) < 4.78 is 17.6. The lowest BCUT2D eigenvalue weighted by atomic mass is 10.0. The van der Waals surface area contributed by atoms with Gasteiger partial charge in [0, 0.05) is 0 Å². The summed E-state index contributed by atoms with van der Waals surface area (Å²) in [5.41, 5.74) is 1.19. The molecule has 0 aliphatic heterocycles. The van der Waals surface area contributed by atoms with E-state index in [1.54, 1.807) is 6.07 Å². The van der Waals surface area contributed by atoms with Crippen molar-refractivity contribution >= 4 is 5.97 Å². The number of carbonyl (C=O) groups is 1. The molecule has 0 unspecified atom stereocenters. The van der Waals surface area contributed by atoms with E-state index in [9.17, 15) is 9.18 Å². The number of esters is 1. The van der Waals surface area contributed by atoms with Crippen molar-refractivity contribution in [2.24, 2.45) is 0 Å². The van der Waals surface area contributed by atoms with Crippen LogP contribution in [0, 0.1) is 5.82 Å². The van der Waals surface area contributed by atoms with Crippen LogP contribution in [0.2, 0.25) is 0 Å². The minimum atomic E-state index is -0.472. The van der Waals surface area contributed by atoms with E-state index >= 15 is 0 Å². The van der Waals surface area contributed by atoms with E-state index in [0.29, 0.717) is 5.56 Å². The Bertz CT molecular complexity index is 347. The highest BCUT2D eigenvalue weighted by molar-refractivity contribution is 5.91. The number of rotatable bonds is 4. The Hall–Kier alpha value is -1.38. The average molecular weight is 210 g/mol. The number of ether oxygens (including phenoxy) is 1. The SMILES string of the molecule is CCCCc1ccc(F)cc1C(=O)OC. The Morgan fingerprint density at radius 3 is 2.80 bits per heavy atom. The summed E-state index contributed by atoms with van der Waals surface area (Å²) in [7, 11) is 1.30. The van der Waals surface area contributed by atoms with Crippen LogP contribution < -0.4 is 0 Å². The molecule has 0 saturated heterocycles. The number of carbonyl (C=O) groups excluding carboxylic acids is 1. The highest BCUT2D eigenvalue weighted by atomic mass is 19.1. The molecule has 1 rings (SSSR count). The topological polar surface area (TPSA) is 26.3 Å². The minimum absolute atomic E-state index is 0.339. The van der Waals surface area contributed by atoms with Gasteiger partial charge in [0.15, 0.2) is 0 Å². The molecular weight excluding hydrogens is 195 g/mol. The van der Waals surface area contributed by atoms with Crippen molar-refractivity contribution in [3.63, 3.8) is 0 Å². The first kappa shape index (κ1) is 11.7. The highest BCUT2D eigenvalue weighted by Crippen LogP contribution is 2.15. The van der Waals surface area contributed by atoms with Crippen molar-refractivity contribution in [3.8, 4) is 0 Å². The van der Waals surface area contributed by atoms with Gasteiger partial charge in [-0.25, -0.2) is 9.18 Å². The zero-order valence-corrected chi connectivity index (χ0v) is 9.05.